The number of phenols is 1. The molecule has 128 valence electrons. The van der Waals surface area contributed by atoms with E-state index < -0.39 is 13.3 Å². The molecule has 0 heterocycles. The first-order chi connectivity index (χ1) is 11.0. The van der Waals surface area contributed by atoms with Crippen molar-refractivity contribution in [2.75, 3.05) is 0 Å². The molecule has 24 heavy (non-hydrogen) atoms. The zero-order chi connectivity index (χ0) is 18.2. The Bertz CT molecular complexity index is 845. The van der Waals surface area contributed by atoms with Gasteiger partial charge in [0.2, 0.25) is 0 Å². The molecule has 0 unspecified atom stereocenters. The highest BCUT2D eigenvalue weighted by atomic mass is 35.5. The van der Waals surface area contributed by atoms with Crippen molar-refractivity contribution in [3.05, 3.63) is 66.3 Å². The van der Waals surface area contributed by atoms with E-state index in [1.165, 1.54) is 24.3 Å². The van der Waals surface area contributed by atoms with E-state index in [1.807, 2.05) is 0 Å². The Kier molecular flexibility index (Phi) is 6.17. The third-order valence-electron chi connectivity index (χ3n) is 2.96. The molecule has 2 aromatic rings. The predicted molar refractivity (Wildman–Crippen MR) is 98.7 cm³/mol. The normalized spacial score (nSPS) is 12.5. The lowest BCUT2D eigenvalue weighted by Gasteiger charge is -2.16. The van der Waals surface area contributed by atoms with Gasteiger partial charge in [0.05, 0.1) is 15.1 Å². The number of benzene rings is 2. The van der Waals surface area contributed by atoms with Crippen molar-refractivity contribution in [2.45, 2.75) is 0 Å². The summed E-state index contributed by atoms with van der Waals surface area (Å²) in [6.07, 6.45) is 0. The molecule has 3 N–H and O–H groups in total. The highest BCUT2D eigenvalue weighted by Gasteiger charge is 2.25. The van der Waals surface area contributed by atoms with E-state index >= 15 is 0 Å². The van der Waals surface area contributed by atoms with E-state index in [0.717, 1.165) is 0 Å². The highest BCUT2D eigenvalue weighted by Crippen LogP contribution is 2.51. The minimum atomic E-state index is -4.63. The molecule has 0 aliphatic heterocycles. The Morgan fingerprint density at radius 2 is 1.38 bits per heavy atom. The van der Waals surface area contributed by atoms with Crippen LogP contribution < -0.4 is 0 Å². The van der Waals surface area contributed by atoms with Gasteiger partial charge in [0.25, 0.3) is 0 Å². The maximum atomic E-state index is 11.5. The van der Waals surface area contributed by atoms with Gasteiger partial charge in [-0.2, -0.15) is 0 Å². The summed E-state index contributed by atoms with van der Waals surface area (Å²) in [4.78, 5) is 18.7. The average Bonchev–Trinajstić information content (AvgIpc) is 2.50. The van der Waals surface area contributed by atoms with E-state index in [4.69, 9.17) is 58.0 Å². The minimum Gasteiger partial charge on any atom is -0.506 e. The maximum absolute atomic E-state index is 11.5. The zero-order valence-corrected chi connectivity index (χ0v) is 16.1. The second kappa shape index (κ2) is 7.45. The van der Waals surface area contributed by atoms with Crippen LogP contribution in [0.25, 0.3) is 5.57 Å². The molecule has 0 saturated carbocycles. The van der Waals surface area contributed by atoms with E-state index in [9.17, 15) is 19.5 Å². The summed E-state index contributed by atoms with van der Waals surface area (Å²) >= 11 is 29.7. The lowest BCUT2D eigenvalue weighted by Crippen LogP contribution is -1.94. The molecule has 0 amide bonds. The standard InChI is InChI=1S/C14H8Cl5O4P/c15-7-3-1-6(2-4-7)8(5-24(21,22)23)9-10(16)11(17)12(18)13(19)14(9)20/h1-5,20H,(H2,21,22,23)/b8-5-. The molecule has 0 aliphatic rings. The van der Waals surface area contributed by atoms with Crippen molar-refractivity contribution in [3.63, 3.8) is 0 Å². The summed E-state index contributed by atoms with van der Waals surface area (Å²) < 4.78 is 11.5. The van der Waals surface area contributed by atoms with Gasteiger partial charge in [0.1, 0.15) is 10.8 Å². The summed E-state index contributed by atoms with van der Waals surface area (Å²) in [5.41, 5.74) is 0.110. The monoisotopic (exact) mass is 446 g/mol. The van der Waals surface area contributed by atoms with E-state index in [1.54, 1.807) is 0 Å². The van der Waals surface area contributed by atoms with Crippen LogP contribution in [-0.2, 0) is 4.57 Å². The fraction of sp³-hybridized carbons (Fsp3) is 0. The summed E-state index contributed by atoms with van der Waals surface area (Å²) in [7, 11) is -4.63. The molecule has 4 nitrogen and oxygen atoms in total. The number of rotatable bonds is 3. The van der Waals surface area contributed by atoms with Crippen LogP contribution in [0.2, 0.25) is 25.1 Å². The Labute approximate surface area is 162 Å². The SMILES string of the molecule is O=P(O)(O)/C=C(/c1ccc(Cl)cc1)c1c(O)c(Cl)c(Cl)c(Cl)c1Cl. The molecular formula is C14H8Cl5O4P. The Hall–Kier alpha value is -0.420. The van der Waals surface area contributed by atoms with Gasteiger partial charge in [-0.1, -0.05) is 70.1 Å². The molecular weight excluding hydrogens is 440 g/mol. The third kappa shape index (κ3) is 4.21. The van der Waals surface area contributed by atoms with Crippen molar-refractivity contribution in [1.29, 1.82) is 0 Å². The predicted octanol–water partition coefficient (Wildman–Crippen LogP) is 6.23. The molecule has 0 fully saturated rings. The summed E-state index contributed by atoms with van der Waals surface area (Å²) in [5, 5.41) is 9.90. The van der Waals surface area contributed by atoms with Crippen molar-refractivity contribution >= 4 is 71.2 Å². The zero-order valence-electron chi connectivity index (χ0n) is 11.5. The second-order valence-electron chi connectivity index (χ2n) is 4.62. The van der Waals surface area contributed by atoms with Gasteiger partial charge in [-0.3, -0.25) is 4.57 Å². The number of phenolic OH excluding ortho intramolecular Hbond substituents is 1. The Balaban J connectivity index is 2.87. The molecule has 0 saturated heterocycles. The summed E-state index contributed by atoms with van der Waals surface area (Å²) in [5.74, 6) is 0.100. The van der Waals surface area contributed by atoms with Crippen molar-refractivity contribution in [3.8, 4) is 5.75 Å². The lowest BCUT2D eigenvalue weighted by atomic mass is 9.98. The fourth-order valence-electron chi connectivity index (χ4n) is 1.95. The molecule has 0 atom stereocenters. The first-order valence-electron chi connectivity index (χ1n) is 6.12. The van der Waals surface area contributed by atoms with Crippen LogP contribution in [-0.4, -0.2) is 14.9 Å². The van der Waals surface area contributed by atoms with Crippen LogP contribution >= 0.6 is 65.6 Å². The van der Waals surface area contributed by atoms with Gasteiger partial charge in [-0.05, 0) is 17.7 Å². The molecule has 0 aliphatic carbocycles. The third-order valence-corrected chi connectivity index (χ3v) is 5.60. The summed E-state index contributed by atoms with van der Waals surface area (Å²) in [6, 6.07) is 6.01. The van der Waals surface area contributed by atoms with E-state index in [2.05, 4.69) is 0 Å². The number of hydrogen-bond acceptors (Lipinski definition) is 2. The number of hydrogen-bond donors (Lipinski definition) is 3. The van der Waals surface area contributed by atoms with Crippen molar-refractivity contribution < 1.29 is 19.5 Å². The van der Waals surface area contributed by atoms with Gasteiger partial charge in [-0.15, -0.1) is 0 Å². The smallest absolute Gasteiger partial charge is 0.349 e. The number of aromatic hydroxyl groups is 1. The van der Waals surface area contributed by atoms with Crippen molar-refractivity contribution in [1.82, 2.24) is 0 Å². The first-order valence-corrected chi connectivity index (χ1v) is 9.69. The molecule has 0 aromatic heterocycles. The van der Waals surface area contributed by atoms with Gasteiger partial charge in [0.15, 0.2) is 0 Å². The van der Waals surface area contributed by atoms with Crippen LogP contribution in [0.4, 0.5) is 0 Å². The van der Waals surface area contributed by atoms with Crippen LogP contribution in [0.5, 0.6) is 5.75 Å². The molecule has 2 rings (SSSR count). The van der Waals surface area contributed by atoms with Crippen LogP contribution in [0.15, 0.2) is 30.1 Å². The topological polar surface area (TPSA) is 77.8 Å². The Morgan fingerprint density at radius 3 is 1.88 bits per heavy atom. The first kappa shape index (κ1) is 19.9. The molecule has 10 heteroatoms. The molecule has 0 bridgehead atoms. The van der Waals surface area contributed by atoms with Gasteiger partial charge in [0, 0.05) is 22.0 Å². The minimum absolute atomic E-state index is 0.0667. The average molecular weight is 448 g/mol. The molecule has 0 radical (unpaired) electrons. The lowest BCUT2D eigenvalue weighted by molar-refractivity contribution is 0.386. The summed E-state index contributed by atoms with van der Waals surface area (Å²) in [6.45, 7) is 0. The van der Waals surface area contributed by atoms with E-state index in [0.29, 0.717) is 16.4 Å². The van der Waals surface area contributed by atoms with Crippen molar-refractivity contribution in [2.24, 2.45) is 0 Å². The van der Waals surface area contributed by atoms with Gasteiger partial charge < -0.3 is 14.9 Å². The maximum Gasteiger partial charge on any atom is 0.349 e. The highest BCUT2D eigenvalue weighted by molar-refractivity contribution is 7.55. The largest absolute Gasteiger partial charge is 0.506 e. The van der Waals surface area contributed by atoms with Crippen LogP contribution in [0, 0.1) is 0 Å². The fourth-order valence-corrected chi connectivity index (χ4v) is 3.63. The van der Waals surface area contributed by atoms with Crippen LogP contribution in [0.1, 0.15) is 11.1 Å². The molecule has 2 aromatic carbocycles. The second-order valence-corrected chi connectivity index (χ2v) is 8.00. The Morgan fingerprint density at radius 1 is 0.875 bits per heavy atom. The van der Waals surface area contributed by atoms with Gasteiger partial charge in [-0.25, -0.2) is 0 Å². The van der Waals surface area contributed by atoms with E-state index in [-0.39, 0.29) is 31.2 Å². The van der Waals surface area contributed by atoms with Gasteiger partial charge >= 0.3 is 7.60 Å². The van der Waals surface area contributed by atoms with Crippen LogP contribution in [0.3, 0.4) is 0 Å². The molecule has 0 spiro atoms. The quantitative estimate of drug-likeness (QED) is 0.296. The number of halogens is 5.